The van der Waals surface area contributed by atoms with Gasteiger partial charge < -0.3 is 10.5 Å². The molecular weight excluding hydrogens is 468 g/mol. The number of nitrogens with two attached hydrogens (primary N) is 1. The first-order valence-corrected chi connectivity index (χ1v) is 11.7. The number of hydrogen-bond donors (Lipinski definition) is 2. The zero-order valence-electron chi connectivity index (χ0n) is 19.4. The van der Waals surface area contributed by atoms with E-state index in [1.807, 2.05) is 69.3 Å². The number of aryl methyl sites for hydroxylation is 1. The minimum Gasteiger partial charge on any atom is -0.491 e. The van der Waals surface area contributed by atoms with E-state index in [1.165, 1.54) is 22.7 Å². The second kappa shape index (κ2) is 10.8. The summed E-state index contributed by atoms with van der Waals surface area (Å²) >= 11 is 1.51. The maximum absolute atomic E-state index is 12.9. The number of carbonyl (C=O) groups is 1. The molecule has 0 radical (unpaired) electrons. The maximum atomic E-state index is 12.9. The van der Waals surface area contributed by atoms with E-state index in [1.54, 1.807) is 0 Å². The van der Waals surface area contributed by atoms with E-state index >= 15 is 0 Å². The van der Waals surface area contributed by atoms with Gasteiger partial charge in [0.25, 0.3) is 5.91 Å². The van der Waals surface area contributed by atoms with Gasteiger partial charge in [-0.25, -0.2) is 10.1 Å². The molecule has 0 aliphatic rings. The van der Waals surface area contributed by atoms with Gasteiger partial charge in [-0.15, -0.1) is 16.9 Å². The lowest BCUT2D eigenvalue weighted by atomic mass is 10.2. The minimum atomic E-state index is -0.526. The summed E-state index contributed by atoms with van der Waals surface area (Å²) in [5.41, 5.74) is 10.8. The summed E-state index contributed by atoms with van der Waals surface area (Å²) in [5, 5.41) is 19.5. The normalized spacial score (nSPS) is 11.3. The number of ether oxygens (including phenoxy) is 1. The van der Waals surface area contributed by atoms with Crippen LogP contribution in [0.15, 0.2) is 63.2 Å². The average Bonchev–Trinajstić information content (AvgIpc) is 3.45. The highest BCUT2D eigenvalue weighted by atomic mass is 32.2. The van der Waals surface area contributed by atoms with Crippen LogP contribution >= 0.6 is 11.8 Å². The molecule has 3 N–H and O–H groups in total. The Bertz CT molecular complexity index is 1310. The molecule has 0 fully saturated rings. The Labute approximate surface area is 205 Å². The molecule has 1 amide bonds. The smallest absolute Gasteiger partial charge is 0.293 e. The molecule has 0 aliphatic carbocycles. The lowest BCUT2D eigenvalue weighted by molar-refractivity contribution is 0.0949. The number of nitrogens with one attached hydrogen (secondary N) is 1. The highest BCUT2D eigenvalue weighted by molar-refractivity contribution is 7.98. The molecule has 0 spiro atoms. The summed E-state index contributed by atoms with van der Waals surface area (Å²) in [7, 11) is 0. The summed E-state index contributed by atoms with van der Waals surface area (Å²) in [6, 6.07) is 15.4. The van der Waals surface area contributed by atoms with Gasteiger partial charge >= 0.3 is 0 Å². The number of rotatable bonds is 9. The predicted octanol–water partition coefficient (Wildman–Crippen LogP) is 3.38. The van der Waals surface area contributed by atoms with E-state index in [0.717, 1.165) is 21.8 Å². The van der Waals surface area contributed by atoms with Crippen molar-refractivity contribution in [2.24, 2.45) is 5.10 Å². The van der Waals surface area contributed by atoms with Gasteiger partial charge in [0.05, 0.1) is 18.0 Å². The van der Waals surface area contributed by atoms with E-state index in [-0.39, 0.29) is 23.4 Å². The van der Waals surface area contributed by atoms with Crippen LogP contribution in [0.4, 0.5) is 5.82 Å². The van der Waals surface area contributed by atoms with Gasteiger partial charge in [0.1, 0.15) is 5.75 Å². The summed E-state index contributed by atoms with van der Waals surface area (Å²) in [6.45, 7) is 5.94. The van der Waals surface area contributed by atoms with Crippen molar-refractivity contribution in [3.63, 3.8) is 0 Å². The van der Waals surface area contributed by atoms with Crippen LogP contribution in [0, 0.1) is 6.92 Å². The number of amides is 1. The molecular formula is C23H24N8O3S. The topological polar surface area (TPSA) is 146 Å². The maximum Gasteiger partial charge on any atom is 0.293 e. The highest BCUT2D eigenvalue weighted by Gasteiger charge is 2.24. The molecule has 0 atom stereocenters. The van der Waals surface area contributed by atoms with Crippen LogP contribution in [0.5, 0.6) is 5.75 Å². The zero-order chi connectivity index (χ0) is 24.8. The Kier molecular flexibility index (Phi) is 7.41. The lowest BCUT2D eigenvalue weighted by Gasteiger charge is -2.09. The molecule has 0 saturated carbocycles. The minimum absolute atomic E-state index is 0.0337. The summed E-state index contributed by atoms with van der Waals surface area (Å²) in [6.07, 6.45) is 1.62. The molecule has 180 valence electrons. The van der Waals surface area contributed by atoms with Crippen LogP contribution in [0.2, 0.25) is 0 Å². The lowest BCUT2D eigenvalue weighted by Crippen LogP contribution is -2.20. The highest BCUT2D eigenvalue weighted by Crippen LogP contribution is 2.26. The van der Waals surface area contributed by atoms with Gasteiger partial charge in [-0.1, -0.05) is 22.9 Å². The van der Waals surface area contributed by atoms with Crippen LogP contribution in [0.3, 0.4) is 0 Å². The molecule has 0 unspecified atom stereocenters. The van der Waals surface area contributed by atoms with Crippen LogP contribution in [-0.2, 0) is 5.75 Å². The first-order valence-electron chi connectivity index (χ1n) is 10.7. The van der Waals surface area contributed by atoms with Gasteiger partial charge in [-0.3, -0.25) is 4.79 Å². The average molecular weight is 493 g/mol. The van der Waals surface area contributed by atoms with E-state index in [9.17, 15) is 4.79 Å². The van der Waals surface area contributed by atoms with Gasteiger partial charge in [-0.2, -0.15) is 9.78 Å². The van der Waals surface area contributed by atoms with Crippen molar-refractivity contribution >= 4 is 29.7 Å². The molecule has 0 saturated heterocycles. The van der Waals surface area contributed by atoms with Crippen LogP contribution < -0.4 is 15.9 Å². The number of anilines is 1. The zero-order valence-corrected chi connectivity index (χ0v) is 20.2. The van der Waals surface area contributed by atoms with Crippen LogP contribution in [-0.4, -0.2) is 43.5 Å². The standard InChI is InChI=1S/C23H24N8O3S/c1-14(2)33-17-8-6-16(7-9-17)12-25-27-23(32)20-19(13-35-18-10-4-15(3)5-11-18)31(30-26-20)22-21(24)28-34-29-22/h4-12,14H,13H2,1-3H3,(H2,24,28)(H,27,32)/b25-12+. The number of nitrogens with zero attached hydrogens (tertiary/aromatic N) is 6. The first kappa shape index (κ1) is 24.0. The number of carbonyl (C=O) groups excluding carboxylic acids is 1. The Hall–Kier alpha value is -4.19. The molecule has 35 heavy (non-hydrogen) atoms. The van der Waals surface area contributed by atoms with Gasteiger partial charge in [0, 0.05) is 10.6 Å². The number of hydrogen-bond acceptors (Lipinski definition) is 10. The van der Waals surface area contributed by atoms with Crippen molar-refractivity contribution < 1.29 is 14.2 Å². The van der Waals surface area contributed by atoms with Crippen molar-refractivity contribution in [1.82, 2.24) is 30.7 Å². The molecule has 0 bridgehead atoms. The Morgan fingerprint density at radius 3 is 2.60 bits per heavy atom. The SMILES string of the molecule is Cc1ccc(SCc2c(C(=O)N/N=C/c3ccc(OC(C)C)cc3)nnn2-c2nonc2N)cc1. The van der Waals surface area contributed by atoms with Gasteiger partial charge in [-0.05, 0) is 73.0 Å². The monoisotopic (exact) mass is 492 g/mol. The number of hydrazone groups is 1. The number of nitrogen functional groups attached to an aromatic ring is 1. The number of benzene rings is 2. The third-order valence-electron chi connectivity index (χ3n) is 4.70. The Morgan fingerprint density at radius 2 is 1.94 bits per heavy atom. The molecule has 2 aromatic carbocycles. The van der Waals surface area contributed by atoms with Crippen LogP contribution in [0.25, 0.3) is 5.82 Å². The predicted molar refractivity (Wildman–Crippen MR) is 132 cm³/mol. The van der Waals surface area contributed by atoms with Crippen LogP contribution in [0.1, 0.15) is 41.2 Å². The first-order chi connectivity index (χ1) is 16.9. The summed E-state index contributed by atoms with van der Waals surface area (Å²) in [4.78, 5) is 13.9. The molecule has 12 heteroatoms. The second-order valence-corrected chi connectivity index (χ2v) is 8.85. The van der Waals surface area contributed by atoms with E-state index in [4.69, 9.17) is 15.1 Å². The molecule has 4 aromatic rings. The molecule has 2 heterocycles. The molecule has 4 rings (SSSR count). The Balaban J connectivity index is 1.51. The van der Waals surface area contributed by atoms with E-state index in [0.29, 0.717) is 11.4 Å². The molecule has 11 nitrogen and oxygen atoms in total. The fraction of sp³-hybridized carbons (Fsp3) is 0.217. The van der Waals surface area contributed by atoms with Gasteiger partial charge in [0.15, 0.2) is 5.69 Å². The Morgan fingerprint density at radius 1 is 1.20 bits per heavy atom. The number of aromatic nitrogens is 5. The van der Waals surface area contributed by atoms with E-state index < -0.39 is 5.91 Å². The quantitative estimate of drug-likeness (QED) is 0.204. The third kappa shape index (κ3) is 6.03. The fourth-order valence-electron chi connectivity index (χ4n) is 3.02. The summed E-state index contributed by atoms with van der Waals surface area (Å²) in [5.74, 6) is 0.790. The van der Waals surface area contributed by atoms with Crippen molar-refractivity contribution in [1.29, 1.82) is 0 Å². The van der Waals surface area contributed by atoms with Crippen molar-refractivity contribution in [2.75, 3.05) is 5.73 Å². The van der Waals surface area contributed by atoms with Gasteiger partial charge in [0.2, 0.25) is 11.6 Å². The number of thioether (sulfide) groups is 1. The molecule has 0 aliphatic heterocycles. The van der Waals surface area contributed by atoms with Crippen molar-refractivity contribution in [2.45, 2.75) is 37.5 Å². The summed E-state index contributed by atoms with van der Waals surface area (Å²) < 4.78 is 11.7. The largest absolute Gasteiger partial charge is 0.491 e. The van der Waals surface area contributed by atoms with Crippen molar-refractivity contribution in [3.8, 4) is 11.6 Å². The second-order valence-electron chi connectivity index (χ2n) is 7.81. The fourth-order valence-corrected chi connectivity index (χ4v) is 3.92. The molecule has 2 aromatic heterocycles. The van der Waals surface area contributed by atoms with Crippen molar-refractivity contribution in [3.05, 3.63) is 71.0 Å². The third-order valence-corrected chi connectivity index (χ3v) is 5.73. The van der Waals surface area contributed by atoms with E-state index in [2.05, 4.69) is 31.2 Å².